The molecule has 0 atom stereocenters. The second kappa shape index (κ2) is 7.57. The van der Waals surface area contributed by atoms with E-state index in [1.165, 1.54) is 31.4 Å². The van der Waals surface area contributed by atoms with E-state index in [4.69, 9.17) is 14.2 Å². The van der Waals surface area contributed by atoms with Gasteiger partial charge in [-0.15, -0.1) is 0 Å². The standard InChI is InChI=1S/C19H15FN2O4/c1-24-16-4-2-14(20)9-12(16)8-13(11-21)19(23)22-15-3-5-17-18(10-15)26-7-6-25-17/h2-5,8-10H,6-7H2,1H3,(H,22,23)/b13-8+. The van der Waals surface area contributed by atoms with Gasteiger partial charge in [-0.05, 0) is 36.4 Å². The lowest BCUT2D eigenvalue weighted by molar-refractivity contribution is -0.112. The highest BCUT2D eigenvalue weighted by atomic mass is 19.1. The molecule has 3 rings (SSSR count). The molecule has 7 heteroatoms. The number of nitrogens with zero attached hydrogens (tertiary/aromatic N) is 1. The molecule has 2 aromatic rings. The quantitative estimate of drug-likeness (QED) is 0.674. The summed E-state index contributed by atoms with van der Waals surface area (Å²) in [6.07, 6.45) is 1.27. The second-order valence-corrected chi connectivity index (χ2v) is 5.37. The van der Waals surface area contributed by atoms with Gasteiger partial charge in [-0.25, -0.2) is 4.39 Å². The molecular weight excluding hydrogens is 339 g/mol. The number of ether oxygens (including phenoxy) is 3. The van der Waals surface area contributed by atoms with E-state index in [1.54, 1.807) is 18.2 Å². The molecule has 0 saturated carbocycles. The third kappa shape index (κ3) is 3.75. The number of rotatable bonds is 4. The molecule has 0 fully saturated rings. The van der Waals surface area contributed by atoms with Gasteiger partial charge < -0.3 is 19.5 Å². The van der Waals surface area contributed by atoms with Crippen molar-refractivity contribution in [1.29, 1.82) is 5.26 Å². The van der Waals surface area contributed by atoms with Crippen molar-refractivity contribution in [2.45, 2.75) is 0 Å². The van der Waals surface area contributed by atoms with E-state index >= 15 is 0 Å². The molecule has 6 nitrogen and oxygen atoms in total. The molecule has 1 aliphatic heterocycles. The summed E-state index contributed by atoms with van der Waals surface area (Å²) in [6.45, 7) is 0.891. The van der Waals surface area contributed by atoms with E-state index in [0.717, 1.165) is 0 Å². The normalized spacial score (nSPS) is 12.9. The van der Waals surface area contributed by atoms with Crippen molar-refractivity contribution < 1.29 is 23.4 Å². The lowest BCUT2D eigenvalue weighted by atomic mass is 10.1. The van der Waals surface area contributed by atoms with E-state index in [-0.39, 0.29) is 5.57 Å². The first-order valence-corrected chi connectivity index (χ1v) is 7.77. The Morgan fingerprint density at radius 2 is 2.00 bits per heavy atom. The van der Waals surface area contributed by atoms with Crippen LogP contribution in [0.5, 0.6) is 17.2 Å². The van der Waals surface area contributed by atoms with Crippen molar-refractivity contribution in [2.24, 2.45) is 0 Å². The average molecular weight is 354 g/mol. The predicted octanol–water partition coefficient (Wildman–Crippen LogP) is 3.15. The Balaban J connectivity index is 1.84. The molecule has 2 aromatic carbocycles. The minimum Gasteiger partial charge on any atom is -0.496 e. The summed E-state index contributed by atoms with van der Waals surface area (Å²) in [7, 11) is 1.42. The van der Waals surface area contributed by atoms with Crippen LogP contribution in [-0.2, 0) is 4.79 Å². The van der Waals surface area contributed by atoms with Crippen molar-refractivity contribution in [3.8, 4) is 23.3 Å². The summed E-state index contributed by atoms with van der Waals surface area (Å²) < 4.78 is 29.4. The Morgan fingerprint density at radius 1 is 1.23 bits per heavy atom. The maximum atomic E-state index is 13.5. The Morgan fingerprint density at radius 3 is 2.73 bits per heavy atom. The first kappa shape index (κ1) is 17.3. The number of carbonyl (C=O) groups is 1. The molecule has 0 radical (unpaired) electrons. The zero-order valence-corrected chi connectivity index (χ0v) is 13.9. The number of methoxy groups -OCH3 is 1. The van der Waals surface area contributed by atoms with Gasteiger partial charge in [0.25, 0.3) is 5.91 Å². The van der Waals surface area contributed by atoms with Crippen LogP contribution in [0.25, 0.3) is 6.08 Å². The fourth-order valence-electron chi connectivity index (χ4n) is 2.44. The topological polar surface area (TPSA) is 80.6 Å². The average Bonchev–Trinajstić information content (AvgIpc) is 2.66. The number of hydrogen-bond acceptors (Lipinski definition) is 5. The molecule has 26 heavy (non-hydrogen) atoms. The summed E-state index contributed by atoms with van der Waals surface area (Å²) in [5, 5.41) is 11.9. The van der Waals surface area contributed by atoms with Gasteiger partial charge in [-0.2, -0.15) is 5.26 Å². The number of fused-ring (bicyclic) bond motifs is 1. The van der Waals surface area contributed by atoms with Crippen LogP contribution in [0.1, 0.15) is 5.56 Å². The number of nitriles is 1. The molecule has 0 aromatic heterocycles. The maximum Gasteiger partial charge on any atom is 0.266 e. The lowest BCUT2D eigenvalue weighted by Gasteiger charge is -2.18. The van der Waals surface area contributed by atoms with E-state index in [1.807, 2.05) is 6.07 Å². The molecule has 1 aliphatic rings. The first-order valence-electron chi connectivity index (χ1n) is 7.77. The molecule has 132 valence electrons. The maximum absolute atomic E-state index is 13.5. The fourth-order valence-corrected chi connectivity index (χ4v) is 2.44. The molecule has 1 amide bonds. The SMILES string of the molecule is COc1ccc(F)cc1/C=C(\C#N)C(=O)Nc1ccc2c(c1)OCCO2. The van der Waals surface area contributed by atoms with Crippen LogP contribution in [0.2, 0.25) is 0 Å². The molecule has 0 aliphatic carbocycles. The minimum atomic E-state index is -0.629. The van der Waals surface area contributed by atoms with E-state index in [0.29, 0.717) is 41.7 Å². The summed E-state index contributed by atoms with van der Waals surface area (Å²) in [4.78, 5) is 12.4. The Kier molecular flexibility index (Phi) is 5.04. The molecular formula is C19H15FN2O4. The van der Waals surface area contributed by atoms with Crippen LogP contribution in [0.3, 0.4) is 0 Å². The summed E-state index contributed by atoms with van der Waals surface area (Å²) in [5.41, 5.74) is 0.553. The molecule has 0 unspecified atom stereocenters. The number of benzene rings is 2. The predicted molar refractivity (Wildman–Crippen MR) is 92.6 cm³/mol. The van der Waals surface area contributed by atoms with Crippen LogP contribution >= 0.6 is 0 Å². The molecule has 0 saturated heterocycles. The molecule has 0 bridgehead atoms. The highest BCUT2D eigenvalue weighted by molar-refractivity contribution is 6.10. The number of anilines is 1. The Hall–Kier alpha value is -3.53. The van der Waals surface area contributed by atoms with Gasteiger partial charge in [-0.1, -0.05) is 0 Å². The van der Waals surface area contributed by atoms with Gasteiger partial charge >= 0.3 is 0 Å². The van der Waals surface area contributed by atoms with Crippen molar-refractivity contribution in [1.82, 2.24) is 0 Å². The van der Waals surface area contributed by atoms with Gasteiger partial charge in [0.05, 0.1) is 7.11 Å². The number of hydrogen-bond donors (Lipinski definition) is 1. The van der Waals surface area contributed by atoms with Crippen LogP contribution in [0.4, 0.5) is 10.1 Å². The number of halogens is 1. The van der Waals surface area contributed by atoms with Crippen molar-refractivity contribution >= 4 is 17.7 Å². The van der Waals surface area contributed by atoms with Crippen LogP contribution in [0, 0.1) is 17.1 Å². The van der Waals surface area contributed by atoms with Gasteiger partial charge in [-0.3, -0.25) is 4.79 Å². The first-order chi connectivity index (χ1) is 12.6. The molecule has 1 heterocycles. The zero-order chi connectivity index (χ0) is 18.5. The highest BCUT2D eigenvalue weighted by Gasteiger charge is 2.15. The van der Waals surface area contributed by atoms with E-state index in [2.05, 4.69) is 5.32 Å². The fraction of sp³-hybridized carbons (Fsp3) is 0.158. The Bertz CT molecular complexity index is 918. The third-order valence-electron chi connectivity index (χ3n) is 3.66. The summed E-state index contributed by atoms with van der Waals surface area (Å²) in [5.74, 6) is 0.335. The monoisotopic (exact) mass is 354 g/mol. The zero-order valence-electron chi connectivity index (χ0n) is 13.9. The Labute approximate surface area is 149 Å². The number of nitrogens with one attached hydrogen (secondary N) is 1. The van der Waals surface area contributed by atoms with Gasteiger partial charge in [0.15, 0.2) is 11.5 Å². The summed E-state index contributed by atoms with van der Waals surface area (Å²) >= 11 is 0. The molecule has 1 N–H and O–H groups in total. The van der Waals surface area contributed by atoms with E-state index in [9.17, 15) is 14.4 Å². The third-order valence-corrected chi connectivity index (χ3v) is 3.66. The minimum absolute atomic E-state index is 0.191. The lowest BCUT2D eigenvalue weighted by Crippen LogP contribution is -2.17. The number of carbonyl (C=O) groups excluding carboxylic acids is 1. The van der Waals surface area contributed by atoms with Crippen LogP contribution in [-0.4, -0.2) is 26.2 Å². The number of amides is 1. The largest absolute Gasteiger partial charge is 0.496 e. The van der Waals surface area contributed by atoms with Crippen molar-refractivity contribution in [3.63, 3.8) is 0 Å². The highest BCUT2D eigenvalue weighted by Crippen LogP contribution is 2.32. The van der Waals surface area contributed by atoms with Crippen molar-refractivity contribution in [2.75, 3.05) is 25.6 Å². The van der Waals surface area contributed by atoms with Gasteiger partial charge in [0, 0.05) is 17.3 Å². The van der Waals surface area contributed by atoms with Crippen LogP contribution in [0.15, 0.2) is 42.0 Å². The smallest absolute Gasteiger partial charge is 0.266 e. The second-order valence-electron chi connectivity index (χ2n) is 5.37. The van der Waals surface area contributed by atoms with Gasteiger partial charge in [0.1, 0.15) is 36.4 Å². The van der Waals surface area contributed by atoms with Crippen molar-refractivity contribution in [3.05, 3.63) is 53.4 Å². The van der Waals surface area contributed by atoms with Gasteiger partial charge in [0.2, 0.25) is 0 Å². The molecule has 0 spiro atoms. The summed E-state index contributed by atoms with van der Waals surface area (Å²) in [6, 6.07) is 10.6. The van der Waals surface area contributed by atoms with E-state index < -0.39 is 11.7 Å². The van der Waals surface area contributed by atoms with Crippen LogP contribution < -0.4 is 19.5 Å².